The Morgan fingerprint density at radius 1 is 1.38 bits per heavy atom. The lowest BCUT2D eigenvalue weighted by Gasteiger charge is -2.18. The molecule has 0 radical (unpaired) electrons. The van der Waals surface area contributed by atoms with E-state index in [1.54, 1.807) is 0 Å². The Morgan fingerprint density at radius 3 is 2.56 bits per heavy atom. The first-order valence-electron chi connectivity index (χ1n) is 5.33. The first kappa shape index (κ1) is 13.1. The summed E-state index contributed by atoms with van der Waals surface area (Å²) in [6.45, 7) is 7.66. The summed E-state index contributed by atoms with van der Waals surface area (Å²) in [5.41, 5.74) is 0.420. The predicted octanol–water partition coefficient (Wildman–Crippen LogP) is 2.85. The van der Waals surface area contributed by atoms with Crippen LogP contribution in [0.5, 0.6) is 0 Å². The van der Waals surface area contributed by atoms with Crippen molar-refractivity contribution in [2.75, 3.05) is 0 Å². The number of amides is 1. The van der Waals surface area contributed by atoms with Crippen LogP contribution in [-0.2, 0) is 4.79 Å². The van der Waals surface area contributed by atoms with Crippen molar-refractivity contribution in [2.24, 2.45) is 5.41 Å². The van der Waals surface area contributed by atoms with E-state index in [0.29, 0.717) is 0 Å². The van der Waals surface area contributed by atoms with Crippen LogP contribution in [0.2, 0.25) is 0 Å². The Hall–Kier alpha value is -0.960. The fourth-order valence-electron chi connectivity index (χ4n) is 1.12. The molecule has 0 fully saturated rings. The summed E-state index contributed by atoms with van der Waals surface area (Å²) in [7, 11) is 0. The maximum absolute atomic E-state index is 11.8. The van der Waals surface area contributed by atoms with Gasteiger partial charge in [0.2, 0.25) is 5.91 Å². The molecule has 0 aliphatic heterocycles. The molecule has 1 atom stereocenters. The van der Waals surface area contributed by atoms with Crippen molar-refractivity contribution in [3.05, 3.63) is 36.1 Å². The molecule has 0 saturated carbocycles. The Morgan fingerprint density at radius 2 is 2.00 bits per heavy atom. The number of carbonyl (C=O) groups is 1. The highest BCUT2D eigenvalue weighted by molar-refractivity contribution is 7.82. The van der Waals surface area contributed by atoms with E-state index >= 15 is 0 Å². The Balaban J connectivity index is 2.75. The molecule has 0 aromatic rings. The molecule has 0 bridgehead atoms. The van der Waals surface area contributed by atoms with Gasteiger partial charge in [0.05, 0.1) is 0 Å². The van der Waals surface area contributed by atoms with Crippen LogP contribution in [0.4, 0.5) is 0 Å². The van der Waals surface area contributed by atoms with E-state index in [9.17, 15) is 4.79 Å². The van der Waals surface area contributed by atoms with Gasteiger partial charge in [0.25, 0.3) is 0 Å². The number of carbonyl (C=O) groups excluding carboxylic acids is 1. The third kappa shape index (κ3) is 3.89. The van der Waals surface area contributed by atoms with Gasteiger partial charge in [-0.25, -0.2) is 0 Å². The van der Waals surface area contributed by atoms with Gasteiger partial charge in [0.1, 0.15) is 0 Å². The van der Waals surface area contributed by atoms with Gasteiger partial charge in [0, 0.05) is 15.9 Å². The maximum atomic E-state index is 11.8. The smallest absolute Gasteiger partial charge is 0.229 e. The molecule has 88 valence electrons. The molecule has 1 unspecified atom stereocenters. The third-order valence-electron chi connectivity index (χ3n) is 2.25. The number of thiol groups is 1. The fourth-order valence-corrected chi connectivity index (χ4v) is 1.28. The summed E-state index contributed by atoms with van der Waals surface area (Å²) in [5, 5.41) is 2.89. The molecular formula is C13H19NOS. The summed E-state index contributed by atoms with van der Waals surface area (Å²) in [6, 6.07) is 0. The molecule has 1 rings (SSSR count). The normalized spacial score (nSPS) is 24.9. The van der Waals surface area contributed by atoms with Gasteiger partial charge >= 0.3 is 0 Å². The van der Waals surface area contributed by atoms with Gasteiger partial charge in [-0.15, -0.1) is 0 Å². The zero-order valence-electron chi connectivity index (χ0n) is 10.2. The Kier molecular flexibility index (Phi) is 3.68. The minimum absolute atomic E-state index is 0.0135. The van der Waals surface area contributed by atoms with E-state index < -0.39 is 0 Å². The minimum Gasteiger partial charge on any atom is -0.326 e. The number of hydrogen-bond donors (Lipinski definition) is 2. The second-order valence-corrected chi connectivity index (χ2v) is 6.21. The largest absolute Gasteiger partial charge is 0.326 e. The Bertz CT molecular complexity index is 370. The highest BCUT2D eigenvalue weighted by atomic mass is 32.1. The molecule has 3 heteroatoms. The van der Waals surface area contributed by atoms with Crippen LogP contribution in [0.15, 0.2) is 36.1 Å². The zero-order chi connectivity index (χ0) is 12.4. The van der Waals surface area contributed by atoms with Crippen LogP contribution in [0.3, 0.4) is 0 Å². The topological polar surface area (TPSA) is 29.1 Å². The van der Waals surface area contributed by atoms with Gasteiger partial charge < -0.3 is 5.32 Å². The molecule has 2 nitrogen and oxygen atoms in total. The Labute approximate surface area is 103 Å². The highest BCUT2D eigenvalue weighted by Crippen LogP contribution is 2.21. The standard InChI is InChI=1S/C13H19NOS/c1-12(2,3)11(15)14-10-6-5-8-13(4,16)9-7-10/h5-9,16H,1-4H3,(H,14,15). The first-order valence-corrected chi connectivity index (χ1v) is 5.78. The van der Waals surface area contributed by atoms with E-state index in [4.69, 9.17) is 0 Å². The SMILES string of the molecule is CC1(S)C=CC=C(NC(=O)C(C)(C)C)C=C1. The average molecular weight is 237 g/mol. The van der Waals surface area contributed by atoms with Crippen molar-refractivity contribution in [3.8, 4) is 0 Å². The summed E-state index contributed by atoms with van der Waals surface area (Å²) >= 11 is 4.46. The van der Waals surface area contributed by atoms with Crippen molar-refractivity contribution >= 4 is 18.5 Å². The van der Waals surface area contributed by atoms with Crippen LogP contribution in [0.25, 0.3) is 0 Å². The van der Waals surface area contributed by atoms with Crippen LogP contribution in [0, 0.1) is 5.41 Å². The molecule has 0 aromatic heterocycles. The van der Waals surface area contributed by atoms with Crippen molar-refractivity contribution in [1.29, 1.82) is 0 Å². The van der Waals surface area contributed by atoms with E-state index in [1.165, 1.54) is 0 Å². The summed E-state index contributed by atoms with van der Waals surface area (Å²) in [5.74, 6) is 0.0135. The van der Waals surface area contributed by atoms with E-state index in [1.807, 2.05) is 58.1 Å². The average Bonchev–Trinajstić information content (AvgIpc) is 2.26. The van der Waals surface area contributed by atoms with Crippen molar-refractivity contribution in [1.82, 2.24) is 5.32 Å². The molecular weight excluding hydrogens is 218 g/mol. The van der Waals surface area contributed by atoms with Crippen LogP contribution in [0.1, 0.15) is 27.7 Å². The van der Waals surface area contributed by atoms with Crippen LogP contribution in [-0.4, -0.2) is 10.7 Å². The third-order valence-corrected chi connectivity index (χ3v) is 2.55. The van der Waals surface area contributed by atoms with E-state index in [2.05, 4.69) is 17.9 Å². The second-order valence-electron chi connectivity index (χ2n) is 5.24. The quantitative estimate of drug-likeness (QED) is 0.675. The van der Waals surface area contributed by atoms with E-state index in [-0.39, 0.29) is 16.1 Å². The van der Waals surface area contributed by atoms with Crippen molar-refractivity contribution in [3.63, 3.8) is 0 Å². The fraction of sp³-hybridized carbons (Fsp3) is 0.462. The predicted molar refractivity (Wildman–Crippen MR) is 71.4 cm³/mol. The van der Waals surface area contributed by atoms with E-state index in [0.717, 1.165) is 5.70 Å². The minimum atomic E-state index is -0.380. The summed E-state index contributed by atoms with van der Waals surface area (Å²) in [4.78, 5) is 11.8. The number of nitrogens with one attached hydrogen (secondary N) is 1. The van der Waals surface area contributed by atoms with Gasteiger partial charge in [-0.3, -0.25) is 4.79 Å². The molecule has 1 N–H and O–H groups in total. The van der Waals surface area contributed by atoms with Crippen LogP contribution >= 0.6 is 12.6 Å². The molecule has 0 saturated heterocycles. The first-order chi connectivity index (χ1) is 7.21. The zero-order valence-corrected chi connectivity index (χ0v) is 11.1. The number of allylic oxidation sites excluding steroid dienone is 3. The molecule has 1 aliphatic rings. The van der Waals surface area contributed by atoms with Gasteiger partial charge in [0.15, 0.2) is 0 Å². The number of rotatable bonds is 1. The summed E-state index contributed by atoms with van der Waals surface area (Å²) in [6.07, 6.45) is 9.60. The van der Waals surface area contributed by atoms with Gasteiger partial charge in [-0.1, -0.05) is 39.0 Å². The lowest BCUT2D eigenvalue weighted by atomic mass is 9.95. The second kappa shape index (κ2) is 4.50. The molecule has 1 amide bonds. The van der Waals surface area contributed by atoms with Crippen molar-refractivity contribution in [2.45, 2.75) is 32.4 Å². The van der Waals surface area contributed by atoms with Crippen molar-refractivity contribution < 1.29 is 4.79 Å². The molecule has 0 spiro atoms. The lowest BCUT2D eigenvalue weighted by Crippen LogP contribution is -2.33. The molecule has 0 heterocycles. The maximum Gasteiger partial charge on any atom is 0.229 e. The highest BCUT2D eigenvalue weighted by Gasteiger charge is 2.21. The molecule has 1 aliphatic carbocycles. The summed E-state index contributed by atoms with van der Waals surface area (Å²) < 4.78 is -0.259. The van der Waals surface area contributed by atoms with Gasteiger partial charge in [-0.2, -0.15) is 12.6 Å². The number of hydrogen-bond acceptors (Lipinski definition) is 2. The lowest BCUT2D eigenvalue weighted by molar-refractivity contribution is -0.127. The van der Waals surface area contributed by atoms with Crippen LogP contribution < -0.4 is 5.32 Å². The molecule has 0 aromatic carbocycles. The monoisotopic (exact) mass is 237 g/mol. The molecule has 16 heavy (non-hydrogen) atoms. The van der Waals surface area contributed by atoms with Gasteiger partial charge in [-0.05, 0) is 19.1 Å².